The molecular formula is C11H7ClF6INO8S2. The van der Waals surface area contributed by atoms with Gasteiger partial charge >= 0.3 is 42.3 Å². The molecule has 1 rings (SSSR count). The van der Waals surface area contributed by atoms with Gasteiger partial charge in [0.2, 0.25) is 0 Å². The van der Waals surface area contributed by atoms with E-state index in [-0.39, 0.29) is 5.69 Å². The summed E-state index contributed by atoms with van der Waals surface area (Å²) < 4.78 is 123. The van der Waals surface area contributed by atoms with Crippen LogP contribution in [0.1, 0.15) is 0 Å². The van der Waals surface area contributed by atoms with Crippen LogP contribution in [0.2, 0.25) is 0 Å². The summed E-state index contributed by atoms with van der Waals surface area (Å²) in [5, 5.41) is 10.5. The number of nitrogens with zero attached hydrogens (tertiary/aromatic N) is 1. The van der Waals surface area contributed by atoms with E-state index in [1.807, 2.05) is 0 Å². The molecule has 0 atom stereocenters. The molecule has 0 aromatic heterocycles. The third kappa shape index (κ3) is 9.62. The number of nitro groups is 1. The Morgan fingerprint density at radius 2 is 1.50 bits per heavy atom. The smallest absolute Gasteiger partial charge is 0.534 e. The van der Waals surface area contributed by atoms with Crippen LogP contribution >= 0.6 is 11.6 Å². The molecule has 0 saturated carbocycles. The molecule has 19 heteroatoms. The van der Waals surface area contributed by atoms with Crippen molar-refractivity contribution in [3.63, 3.8) is 0 Å². The Balaban J connectivity index is 0.000000890. The van der Waals surface area contributed by atoms with Gasteiger partial charge in [0.05, 0.1) is 10.8 Å². The lowest BCUT2D eigenvalue weighted by Gasteiger charge is -2.08. The molecule has 0 N–H and O–H groups in total. The Labute approximate surface area is 179 Å². The molecular weight excluding hydrogens is 615 g/mol. The fraction of sp³-hybridized carbons (Fsp3) is 0.273. The Hall–Kier alpha value is -1.38. The molecule has 0 saturated heterocycles. The second kappa shape index (κ2) is 10.8. The molecule has 9 nitrogen and oxygen atoms in total. The van der Waals surface area contributed by atoms with E-state index in [0.29, 0.717) is 3.57 Å². The van der Waals surface area contributed by atoms with Crippen LogP contribution < -0.4 is 21.2 Å². The van der Waals surface area contributed by atoms with Crippen LogP contribution in [0.3, 0.4) is 0 Å². The maximum absolute atomic E-state index is 12.2. The van der Waals surface area contributed by atoms with Crippen LogP contribution in [0.4, 0.5) is 32.0 Å². The van der Waals surface area contributed by atoms with Gasteiger partial charge in [-0.15, -0.1) is 11.6 Å². The normalized spacial score (nSPS) is 13.3. The highest BCUT2D eigenvalue weighted by Gasteiger charge is 2.49. The summed E-state index contributed by atoms with van der Waals surface area (Å²) in [7, 11) is -11.8. The number of halogens is 8. The monoisotopic (exact) mass is 621 g/mol. The molecule has 0 aliphatic carbocycles. The van der Waals surface area contributed by atoms with E-state index >= 15 is 0 Å². The summed E-state index contributed by atoms with van der Waals surface area (Å²) in [6.07, 6.45) is 0. The lowest BCUT2D eigenvalue weighted by atomic mass is 10.3. The molecule has 0 amide bonds. The highest BCUT2D eigenvalue weighted by molar-refractivity contribution is 7.87. The minimum Gasteiger partial charge on any atom is -0.741 e. The lowest BCUT2D eigenvalue weighted by Crippen LogP contribution is -3.59. The first-order chi connectivity index (χ1) is 13.3. The Morgan fingerprint density at radius 1 is 1.07 bits per heavy atom. The van der Waals surface area contributed by atoms with Crippen LogP contribution in [-0.4, -0.2) is 43.2 Å². The standard InChI is InChI=1S/C10H7ClF3INO5S.CHF3O3S/c11-5-9(21-22(19,20)10(12,13)14)6-15-7-1-3-8(4-2-7)16(17)18;2-1(3,4)8(5,6)7/h1-4,6H,5H2;(H,5,6,7)/q+1;/p-1/b9-6+;. The number of rotatable bonds is 6. The van der Waals surface area contributed by atoms with E-state index in [2.05, 4.69) is 4.18 Å². The zero-order valence-electron chi connectivity index (χ0n) is 13.6. The zero-order chi connectivity index (χ0) is 24.0. The third-order valence-corrected chi connectivity index (χ3v) is 6.53. The Kier molecular flexibility index (Phi) is 10.3. The number of nitro benzene ring substituents is 1. The van der Waals surface area contributed by atoms with Crippen molar-refractivity contribution in [2.75, 3.05) is 5.88 Å². The molecule has 1 aromatic rings. The molecule has 0 heterocycles. The van der Waals surface area contributed by atoms with E-state index in [9.17, 15) is 44.9 Å². The van der Waals surface area contributed by atoms with Gasteiger partial charge in [0.25, 0.3) is 5.69 Å². The number of hydrogen-bond donors (Lipinski definition) is 0. The van der Waals surface area contributed by atoms with Crippen molar-refractivity contribution in [3.8, 4) is 0 Å². The lowest BCUT2D eigenvalue weighted by molar-refractivity contribution is -0.558. The SMILES string of the molecule is O=S(=O)([O-])C(F)(F)F.O=[N+]([O-])c1ccc([I+]/C=C(\CCl)OS(=O)(=O)C(F)(F)F)cc1. The number of alkyl halides is 7. The van der Waals surface area contributed by atoms with E-state index in [4.69, 9.17) is 24.6 Å². The molecule has 0 spiro atoms. The molecule has 172 valence electrons. The summed E-state index contributed by atoms with van der Waals surface area (Å²) in [6, 6.07) is 5.31. The van der Waals surface area contributed by atoms with Crippen molar-refractivity contribution in [1.29, 1.82) is 0 Å². The minimum absolute atomic E-state index is 0.134. The first-order valence-electron chi connectivity index (χ1n) is 6.47. The molecule has 0 aliphatic heterocycles. The average molecular weight is 622 g/mol. The van der Waals surface area contributed by atoms with E-state index < -0.39 is 69.0 Å². The quantitative estimate of drug-likeness (QED) is 0.0491. The van der Waals surface area contributed by atoms with Crippen molar-refractivity contribution in [2.45, 2.75) is 11.0 Å². The summed E-state index contributed by atoms with van der Waals surface area (Å²) in [4.78, 5) is 9.87. The summed E-state index contributed by atoms with van der Waals surface area (Å²) in [5.74, 6) is -1.09. The van der Waals surface area contributed by atoms with Crippen molar-refractivity contribution in [1.82, 2.24) is 0 Å². The second-order valence-electron chi connectivity index (χ2n) is 4.43. The Morgan fingerprint density at radius 3 is 1.80 bits per heavy atom. The molecule has 30 heavy (non-hydrogen) atoms. The average Bonchev–Trinajstić information content (AvgIpc) is 2.56. The molecule has 1 aromatic carbocycles. The van der Waals surface area contributed by atoms with Crippen LogP contribution in [0, 0.1) is 13.7 Å². The van der Waals surface area contributed by atoms with Crippen LogP contribution in [0.25, 0.3) is 0 Å². The van der Waals surface area contributed by atoms with Gasteiger partial charge in [-0.2, -0.15) is 34.8 Å². The third-order valence-electron chi connectivity index (χ3n) is 2.26. The van der Waals surface area contributed by atoms with Gasteiger partial charge in [-0.25, -0.2) is 8.42 Å². The van der Waals surface area contributed by atoms with Gasteiger partial charge < -0.3 is 8.74 Å². The molecule has 0 aliphatic rings. The number of non-ortho nitro benzene ring substituents is 1. The van der Waals surface area contributed by atoms with E-state index in [1.165, 1.54) is 24.3 Å². The fourth-order valence-corrected chi connectivity index (χ4v) is 3.96. The second-order valence-corrected chi connectivity index (χ2v) is 10.1. The Bertz CT molecular complexity index is 976. The minimum atomic E-state index is -6.09. The first-order valence-corrected chi connectivity index (χ1v) is 12.1. The fourth-order valence-electron chi connectivity index (χ4n) is 1.02. The van der Waals surface area contributed by atoms with Crippen LogP contribution in [0.15, 0.2) is 34.1 Å². The molecule has 0 radical (unpaired) electrons. The predicted molar refractivity (Wildman–Crippen MR) is 82.4 cm³/mol. The van der Waals surface area contributed by atoms with E-state index in [1.54, 1.807) is 0 Å². The highest BCUT2D eigenvalue weighted by Crippen LogP contribution is 2.26. The summed E-state index contributed by atoms with van der Waals surface area (Å²) >= 11 is 4.29. The van der Waals surface area contributed by atoms with Crippen LogP contribution in [-0.2, 0) is 24.4 Å². The summed E-state index contributed by atoms with van der Waals surface area (Å²) in [5.41, 5.74) is -11.3. The maximum atomic E-state index is 12.2. The zero-order valence-corrected chi connectivity index (χ0v) is 18.2. The first kappa shape index (κ1) is 28.6. The maximum Gasteiger partial charge on any atom is 0.534 e. The van der Waals surface area contributed by atoms with Gasteiger partial charge in [0.15, 0.2) is 23.5 Å². The van der Waals surface area contributed by atoms with Crippen molar-refractivity contribution in [2.24, 2.45) is 0 Å². The number of benzene rings is 1. The molecule has 0 unspecified atom stereocenters. The van der Waals surface area contributed by atoms with Crippen molar-refractivity contribution < 1.29 is 78.0 Å². The largest absolute Gasteiger partial charge is 0.741 e. The van der Waals surface area contributed by atoms with Gasteiger partial charge in [-0.1, -0.05) is 0 Å². The predicted octanol–water partition coefficient (Wildman–Crippen LogP) is -0.149. The van der Waals surface area contributed by atoms with E-state index in [0.717, 1.165) is 4.08 Å². The number of hydrogen-bond acceptors (Lipinski definition) is 8. The number of allylic oxidation sites excluding steroid dienone is 1. The van der Waals surface area contributed by atoms with Gasteiger partial charge in [-0.3, -0.25) is 10.1 Å². The van der Waals surface area contributed by atoms with Crippen LogP contribution in [0.5, 0.6) is 0 Å². The van der Waals surface area contributed by atoms with Crippen molar-refractivity contribution >= 4 is 37.5 Å². The topological polar surface area (TPSA) is 144 Å². The van der Waals surface area contributed by atoms with Crippen molar-refractivity contribution in [3.05, 3.63) is 47.8 Å². The van der Waals surface area contributed by atoms with Gasteiger partial charge in [0.1, 0.15) is 0 Å². The highest BCUT2D eigenvalue weighted by atomic mass is 127. The van der Waals surface area contributed by atoms with Gasteiger partial charge in [0, 0.05) is 12.1 Å². The summed E-state index contributed by atoms with van der Waals surface area (Å²) in [6.45, 7) is 0. The molecule has 0 bridgehead atoms. The molecule has 0 fully saturated rings. The van der Waals surface area contributed by atoms with Gasteiger partial charge in [-0.05, 0) is 12.1 Å².